The van der Waals surface area contributed by atoms with Gasteiger partial charge in [0, 0.05) is 44.8 Å². The molecule has 5 nitrogen and oxygen atoms in total. The summed E-state index contributed by atoms with van der Waals surface area (Å²) in [7, 11) is 0. The van der Waals surface area contributed by atoms with E-state index >= 15 is 0 Å². The Bertz CT molecular complexity index is 869. The van der Waals surface area contributed by atoms with Crippen LogP contribution in [0.3, 0.4) is 0 Å². The molecule has 4 rings (SSSR count). The molecule has 0 bridgehead atoms. The smallest absolute Gasteiger partial charge is 0.150 e. The van der Waals surface area contributed by atoms with Gasteiger partial charge in [-0.2, -0.15) is 5.10 Å². The Kier molecular flexibility index (Phi) is 6.70. The normalized spacial score (nSPS) is 17.0. The Balaban J connectivity index is 1.52. The molecular formula is C24H30N4O. The molecule has 0 N–H and O–H groups in total. The fourth-order valence-corrected chi connectivity index (χ4v) is 3.93. The van der Waals surface area contributed by atoms with Gasteiger partial charge in [-0.3, -0.25) is 9.88 Å². The number of ether oxygens (including phenoxy) is 1. The number of benzene rings is 1. The van der Waals surface area contributed by atoms with Crippen molar-refractivity contribution in [3.8, 4) is 0 Å². The van der Waals surface area contributed by atoms with Gasteiger partial charge in [0.25, 0.3) is 0 Å². The lowest BCUT2D eigenvalue weighted by Crippen LogP contribution is -2.27. The van der Waals surface area contributed by atoms with Gasteiger partial charge in [-0.15, -0.1) is 0 Å². The number of aryl methyl sites for hydroxylation is 1. The minimum atomic E-state index is 0.0674. The molecule has 0 spiro atoms. The fourth-order valence-electron chi connectivity index (χ4n) is 3.93. The Morgan fingerprint density at radius 1 is 0.966 bits per heavy atom. The van der Waals surface area contributed by atoms with Gasteiger partial charge in [0.15, 0.2) is 6.23 Å². The van der Waals surface area contributed by atoms with Crippen LogP contribution in [0.25, 0.3) is 0 Å². The molecule has 1 atom stereocenters. The first-order valence-corrected chi connectivity index (χ1v) is 10.6. The van der Waals surface area contributed by atoms with Crippen molar-refractivity contribution in [2.75, 3.05) is 6.61 Å². The van der Waals surface area contributed by atoms with Crippen molar-refractivity contribution < 1.29 is 4.74 Å². The number of hydrogen-bond acceptors (Lipinski definition) is 4. The summed E-state index contributed by atoms with van der Waals surface area (Å²) in [6.07, 6.45) is 10.2. The van der Waals surface area contributed by atoms with Crippen molar-refractivity contribution in [2.24, 2.45) is 0 Å². The van der Waals surface area contributed by atoms with Crippen LogP contribution in [0.1, 0.15) is 54.8 Å². The fraction of sp³-hybridized carbons (Fsp3) is 0.417. The van der Waals surface area contributed by atoms with Gasteiger partial charge in [-0.05, 0) is 54.5 Å². The van der Waals surface area contributed by atoms with Crippen molar-refractivity contribution in [3.63, 3.8) is 0 Å². The maximum atomic E-state index is 5.98. The molecular weight excluding hydrogens is 360 g/mol. The minimum Gasteiger partial charge on any atom is -0.357 e. The first-order chi connectivity index (χ1) is 14.3. The lowest BCUT2D eigenvalue weighted by molar-refractivity contribution is -0.0421. The topological polar surface area (TPSA) is 43.2 Å². The van der Waals surface area contributed by atoms with Crippen LogP contribution in [0.5, 0.6) is 0 Å². The molecule has 1 fully saturated rings. The van der Waals surface area contributed by atoms with Crippen molar-refractivity contribution in [1.82, 2.24) is 19.7 Å². The van der Waals surface area contributed by atoms with Crippen LogP contribution in [0.15, 0.2) is 61.1 Å². The van der Waals surface area contributed by atoms with Gasteiger partial charge in [0.05, 0.1) is 5.69 Å². The molecule has 3 aromatic rings. The summed E-state index contributed by atoms with van der Waals surface area (Å²) in [6.45, 7) is 5.57. The first kappa shape index (κ1) is 19.8. The third-order valence-corrected chi connectivity index (χ3v) is 5.53. The van der Waals surface area contributed by atoms with Crippen LogP contribution in [0, 0.1) is 0 Å². The molecule has 3 heterocycles. The monoisotopic (exact) mass is 390 g/mol. The molecule has 1 unspecified atom stereocenters. The maximum Gasteiger partial charge on any atom is 0.150 e. The third kappa shape index (κ3) is 5.31. The highest BCUT2D eigenvalue weighted by Gasteiger charge is 2.20. The predicted octanol–water partition coefficient (Wildman–Crippen LogP) is 4.74. The van der Waals surface area contributed by atoms with Crippen LogP contribution < -0.4 is 0 Å². The Morgan fingerprint density at radius 3 is 2.52 bits per heavy atom. The van der Waals surface area contributed by atoms with E-state index in [4.69, 9.17) is 4.74 Å². The molecule has 1 saturated heterocycles. The van der Waals surface area contributed by atoms with Crippen molar-refractivity contribution in [1.29, 1.82) is 0 Å². The number of rotatable bonds is 8. The summed E-state index contributed by atoms with van der Waals surface area (Å²) < 4.78 is 8.06. The summed E-state index contributed by atoms with van der Waals surface area (Å²) >= 11 is 0. The van der Waals surface area contributed by atoms with E-state index < -0.39 is 0 Å². The van der Waals surface area contributed by atoms with E-state index in [1.54, 1.807) is 0 Å². The molecule has 1 aliphatic heterocycles. The molecule has 0 saturated carbocycles. The highest BCUT2D eigenvalue weighted by Crippen LogP contribution is 2.24. The first-order valence-electron chi connectivity index (χ1n) is 10.6. The Hall–Kier alpha value is -2.50. The summed E-state index contributed by atoms with van der Waals surface area (Å²) in [5.41, 5.74) is 5.12. The standard InChI is InChI=1S/C24H30N4O/c1-2-20-8-10-21(11-9-20)17-27(18-22-6-5-13-25-16-22)19-23-12-14-26-28(23)24-7-3-4-15-29-24/h5-6,8-14,16,24H,2-4,7,15,17-19H2,1H3. The van der Waals surface area contributed by atoms with Gasteiger partial charge in [0.2, 0.25) is 0 Å². The highest BCUT2D eigenvalue weighted by molar-refractivity contribution is 5.22. The van der Waals surface area contributed by atoms with E-state index in [-0.39, 0.29) is 6.23 Å². The second-order valence-corrected chi connectivity index (χ2v) is 7.76. The number of pyridine rings is 1. The van der Waals surface area contributed by atoms with Crippen molar-refractivity contribution in [3.05, 3.63) is 83.4 Å². The maximum absolute atomic E-state index is 5.98. The number of hydrogen-bond donors (Lipinski definition) is 0. The average molecular weight is 391 g/mol. The molecule has 2 aromatic heterocycles. The van der Waals surface area contributed by atoms with Gasteiger partial charge in [-0.1, -0.05) is 37.3 Å². The van der Waals surface area contributed by atoms with Crippen LogP contribution in [-0.4, -0.2) is 26.3 Å². The van der Waals surface area contributed by atoms with Crippen LogP contribution in [0.4, 0.5) is 0 Å². The van der Waals surface area contributed by atoms with Crippen LogP contribution >= 0.6 is 0 Å². The zero-order valence-corrected chi connectivity index (χ0v) is 17.2. The van der Waals surface area contributed by atoms with Crippen molar-refractivity contribution in [2.45, 2.75) is 58.5 Å². The molecule has 1 aliphatic rings. The predicted molar refractivity (Wildman–Crippen MR) is 114 cm³/mol. The summed E-state index contributed by atoms with van der Waals surface area (Å²) in [6, 6.07) is 15.2. The molecule has 152 valence electrons. The zero-order valence-electron chi connectivity index (χ0n) is 17.2. The summed E-state index contributed by atoms with van der Waals surface area (Å²) in [5, 5.41) is 4.58. The third-order valence-electron chi connectivity index (χ3n) is 5.53. The molecule has 5 heteroatoms. The average Bonchev–Trinajstić information content (AvgIpc) is 3.24. The van der Waals surface area contributed by atoms with Gasteiger partial charge in [0.1, 0.15) is 0 Å². The Morgan fingerprint density at radius 2 is 1.79 bits per heavy atom. The van der Waals surface area contributed by atoms with E-state index in [9.17, 15) is 0 Å². The minimum absolute atomic E-state index is 0.0674. The molecule has 0 amide bonds. The van der Waals surface area contributed by atoms with Gasteiger partial charge < -0.3 is 4.74 Å². The van der Waals surface area contributed by atoms with Crippen LogP contribution in [0.2, 0.25) is 0 Å². The molecule has 0 aliphatic carbocycles. The Labute approximate surface area is 173 Å². The largest absolute Gasteiger partial charge is 0.357 e. The molecule has 0 radical (unpaired) electrons. The van der Waals surface area contributed by atoms with Gasteiger partial charge >= 0.3 is 0 Å². The number of nitrogens with zero attached hydrogens (tertiary/aromatic N) is 4. The lowest BCUT2D eigenvalue weighted by Gasteiger charge is -2.27. The second kappa shape index (κ2) is 9.81. The van der Waals surface area contributed by atoms with E-state index in [0.717, 1.165) is 45.5 Å². The van der Waals surface area contributed by atoms with Crippen LogP contribution in [-0.2, 0) is 30.8 Å². The summed E-state index contributed by atoms with van der Waals surface area (Å²) in [4.78, 5) is 6.74. The highest BCUT2D eigenvalue weighted by atomic mass is 16.5. The number of aromatic nitrogens is 3. The second-order valence-electron chi connectivity index (χ2n) is 7.76. The van der Waals surface area contributed by atoms with Crippen molar-refractivity contribution >= 4 is 0 Å². The SMILES string of the molecule is CCc1ccc(CN(Cc2cccnc2)Cc2ccnn2C2CCCCO2)cc1. The van der Waals surface area contributed by atoms with E-state index in [0.29, 0.717) is 0 Å². The van der Waals surface area contributed by atoms with E-state index in [2.05, 4.69) is 63.0 Å². The van der Waals surface area contributed by atoms with Gasteiger partial charge in [-0.25, -0.2) is 4.68 Å². The van der Waals surface area contributed by atoms with E-state index in [1.807, 2.05) is 24.7 Å². The zero-order chi connectivity index (χ0) is 19.9. The quantitative estimate of drug-likeness (QED) is 0.557. The lowest BCUT2D eigenvalue weighted by atomic mass is 10.1. The molecule has 29 heavy (non-hydrogen) atoms. The van der Waals surface area contributed by atoms with E-state index in [1.165, 1.54) is 28.8 Å². The molecule has 1 aromatic carbocycles. The summed E-state index contributed by atoms with van der Waals surface area (Å²) in [5.74, 6) is 0.